The maximum Gasteiger partial charge on any atom is 0.255 e. The van der Waals surface area contributed by atoms with Gasteiger partial charge in [0.15, 0.2) is 0 Å². The van der Waals surface area contributed by atoms with Gasteiger partial charge in [0.25, 0.3) is 11.8 Å². The molecule has 2 aromatic carbocycles. The first-order valence-electron chi connectivity index (χ1n) is 10.5. The molecule has 31 heavy (non-hydrogen) atoms. The van der Waals surface area contributed by atoms with Crippen molar-refractivity contribution in [2.24, 2.45) is 5.41 Å². The fourth-order valence-electron chi connectivity index (χ4n) is 4.06. The summed E-state index contributed by atoms with van der Waals surface area (Å²) in [4.78, 5) is 40.1. The minimum atomic E-state index is -0.714. The van der Waals surface area contributed by atoms with Gasteiger partial charge in [0, 0.05) is 41.3 Å². The van der Waals surface area contributed by atoms with E-state index in [0.29, 0.717) is 28.7 Å². The van der Waals surface area contributed by atoms with Gasteiger partial charge in [0.05, 0.1) is 0 Å². The van der Waals surface area contributed by atoms with Gasteiger partial charge in [0.2, 0.25) is 5.91 Å². The van der Waals surface area contributed by atoms with Crippen molar-refractivity contribution in [3.63, 3.8) is 0 Å². The molecule has 6 nitrogen and oxygen atoms in total. The van der Waals surface area contributed by atoms with E-state index in [1.807, 2.05) is 12.1 Å². The van der Waals surface area contributed by atoms with E-state index in [1.165, 1.54) is 12.8 Å². The molecule has 0 saturated heterocycles. The van der Waals surface area contributed by atoms with E-state index in [9.17, 15) is 14.4 Å². The van der Waals surface area contributed by atoms with Crippen molar-refractivity contribution in [2.45, 2.75) is 38.8 Å². The van der Waals surface area contributed by atoms with Gasteiger partial charge < -0.3 is 15.5 Å². The van der Waals surface area contributed by atoms with E-state index in [2.05, 4.69) is 33.5 Å². The van der Waals surface area contributed by atoms with E-state index in [4.69, 9.17) is 0 Å². The molecule has 1 aliphatic carbocycles. The van der Waals surface area contributed by atoms with E-state index < -0.39 is 6.04 Å². The molecule has 1 fully saturated rings. The molecule has 1 atom stereocenters. The minimum absolute atomic E-state index is 0.175. The summed E-state index contributed by atoms with van der Waals surface area (Å²) < 4.78 is 0.745. The summed E-state index contributed by atoms with van der Waals surface area (Å²) in [6.07, 6.45) is 3.34. The summed E-state index contributed by atoms with van der Waals surface area (Å²) in [6, 6.07) is 11.8. The van der Waals surface area contributed by atoms with Crippen molar-refractivity contribution in [1.82, 2.24) is 15.5 Å². The lowest BCUT2D eigenvalue weighted by Crippen LogP contribution is -2.39. The second kappa shape index (κ2) is 8.46. The van der Waals surface area contributed by atoms with Crippen LogP contribution in [0.5, 0.6) is 0 Å². The van der Waals surface area contributed by atoms with Gasteiger partial charge in [0.1, 0.15) is 6.04 Å². The van der Waals surface area contributed by atoms with Crippen LogP contribution in [0, 0.1) is 5.41 Å². The lowest BCUT2D eigenvalue weighted by molar-refractivity contribution is -0.125. The Bertz CT molecular complexity index is 1050. The SMILES string of the molecule is CNC(=O)c1cccc(CN2C(=O)c3cccc(Br)c3C2C(=O)NCCC2(C)CC2)c1. The second-order valence-electron chi connectivity index (χ2n) is 8.67. The molecule has 1 heterocycles. The van der Waals surface area contributed by atoms with E-state index in [1.54, 1.807) is 42.3 Å². The molecular formula is C24H26BrN3O3. The van der Waals surface area contributed by atoms with Gasteiger partial charge in [-0.1, -0.05) is 41.1 Å². The summed E-state index contributed by atoms with van der Waals surface area (Å²) in [6.45, 7) is 3.07. The molecule has 4 rings (SSSR count). The summed E-state index contributed by atoms with van der Waals surface area (Å²) in [5, 5.41) is 5.66. The smallest absolute Gasteiger partial charge is 0.255 e. The number of benzene rings is 2. The van der Waals surface area contributed by atoms with Gasteiger partial charge in [-0.3, -0.25) is 14.4 Å². The van der Waals surface area contributed by atoms with Crippen LogP contribution >= 0.6 is 15.9 Å². The van der Waals surface area contributed by atoms with Crippen LogP contribution in [0.2, 0.25) is 0 Å². The Morgan fingerprint density at radius 3 is 2.65 bits per heavy atom. The van der Waals surface area contributed by atoms with Gasteiger partial charge in [-0.2, -0.15) is 0 Å². The number of hydrogen-bond donors (Lipinski definition) is 2. The summed E-state index contributed by atoms with van der Waals surface area (Å²) in [7, 11) is 1.58. The Labute approximate surface area is 190 Å². The van der Waals surface area contributed by atoms with Crippen molar-refractivity contribution in [2.75, 3.05) is 13.6 Å². The Morgan fingerprint density at radius 2 is 1.94 bits per heavy atom. The molecule has 2 aliphatic rings. The maximum atomic E-state index is 13.2. The molecular weight excluding hydrogens is 458 g/mol. The normalized spacial score (nSPS) is 18.5. The fraction of sp³-hybridized carbons (Fsp3) is 0.375. The number of carbonyl (C=O) groups excluding carboxylic acids is 3. The number of nitrogens with zero attached hydrogens (tertiary/aromatic N) is 1. The Morgan fingerprint density at radius 1 is 1.19 bits per heavy atom. The quantitative estimate of drug-likeness (QED) is 0.628. The number of amides is 3. The average molecular weight is 484 g/mol. The number of hydrogen-bond acceptors (Lipinski definition) is 3. The highest BCUT2D eigenvalue weighted by Crippen LogP contribution is 2.47. The molecule has 0 aromatic heterocycles. The molecule has 0 bridgehead atoms. The fourth-order valence-corrected chi connectivity index (χ4v) is 4.65. The summed E-state index contributed by atoms with van der Waals surface area (Å²) >= 11 is 3.53. The van der Waals surface area contributed by atoms with Crippen LogP contribution in [-0.4, -0.2) is 36.2 Å². The zero-order chi connectivity index (χ0) is 22.2. The molecule has 1 saturated carbocycles. The predicted octanol–water partition coefficient (Wildman–Crippen LogP) is 3.81. The zero-order valence-electron chi connectivity index (χ0n) is 17.7. The topological polar surface area (TPSA) is 78.5 Å². The average Bonchev–Trinajstić information content (AvgIpc) is 3.43. The number of halogens is 1. The lowest BCUT2D eigenvalue weighted by atomic mass is 10.0. The molecule has 1 unspecified atom stereocenters. The number of rotatable bonds is 7. The van der Waals surface area contributed by atoms with Crippen LogP contribution in [-0.2, 0) is 11.3 Å². The lowest BCUT2D eigenvalue weighted by Gasteiger charge is -2.25. The van der Waals surface area contributed by atoms with Crippen LogP contribution in [0.1, 0.15) is 64.1 Å². The second-order valence-corrected chi connectivity index (χ2v) is 9.52. The molecule has 2 N–H and O–H groups in total. The van der Waals surface area contributed by atoms with Crippen molar-refractivity contribution in [3.05, 3.63) is 69.2 Å². The molecule has 0 spiro atoms. The molecule has 7 heteroatoms. The van der Waals surface area contributed by atoms with E-state index in [-0.39, 0.29) is 24.3 Å². The highest BCUT2D eigenvalue weighted by Gasteiger charge is 2.43. The highest BCUT2D eigenvalue weighted by molar-refractivity contribution is 9.10. The van der Waals surface area contributed by atoms with Gasteiger partial charge in [-0.25, -0.2) is 0 Å². The number of fused-ring (bicyclic) bond motifs is 1. The van der Waals surface area contributed by atoms with Gasteiger partial charge >= 0.3 is 0 Å². The maximum absolute atomic E-state index is 13.2. The third-order valence-electron chi connectivity index (χ3n) is 6.28. The Kier molecular flexibility index (Phi) is 5.88. The van der Waals surface area contributed by atoms with Crippen LogP contribution in [0.4, 0.5) is 0 Å². The molecule has 0 radical (unpaired) electrons. The van der Waals surface area contributed by atoms with Gasteiger partial charge in [-0.05, 0) is 54.5 Å². The third-order valence-corrected chi connectivity index (χ3v) is 6.97. The van der Waals surface area contributed by atoms with Crippen molar-refractivity contribution in [1.29, 1.82) is 0 Å². The number of nitrogens with one attached hydrogen (secondary N) is 2. The highest BCUT2D eigenvalue weighted by atomic mass is 79.9. The van der Waals surface area contributed by atoms with Crippen LogP contribution in [0.25, 0.3) is 0 Å². The largest absolute Gasteiger partial charge is 0.355 e. The molecule has 3 amide bonds. The van der Waals surface area contributed by atoms with Gasteiger partial charge in [-0.15, -0.1) is 0 Å². The standard InChI is InChI=1S/C24H26BrN3O3/c1-24(9-10-24)11-12-27-22(30)20-19-17(7-4-8-18(19)25)23(31)28(20)14-15-5-3-6-16(13-15)21(29)26-2/h3-8,13,20H,9-12,14H2,1-2H3,(H,26,29)(H,27,30). The predicted molar refractivity (Wildman–Crippen MR) is 122 cm³/mol. The third kappa shape index (κ3) is 4.37. The summed E-state index contributed by atoms with van der Waals surface area (Å²) in [5.41, 5.74) is 2.89. The first-order chi connectivity index (χ1) is 14.8. The van der Waals surface area contributed by atoms with E-state index >= 15 is 0 Å². The van der Waals surface area contributed by atoms with Crippen molar-refractivity contribution >= 4 is 33.7 Å². The van der Waals surface area contributed by atoms with Crippen LogP contribution in [0.15, 0.2) is 46.9 Å². The Balaban J connectivity index is 1.60. The van der Waals surface area contributed by atoms with Crippen LogP contribution in [0.3, 0.4) is 0 Å². The van der Waals surface area contributed by atoms with E-state index in [0.717, 1.165) is 16.5 Å². The molecule has 1 aliphatic heterocycles. The Hall–Kier alpha value is -2.67. The molecule has 162 valence electrons. The first-order valence-corrected chi connectivity index (χ1v) is 11.3. The minimum Gasteiger partial charge on any atom is -0.355 e. The summed E-state index contributed by atoms with van der Waals surface area (Å²) in [5.74, 6) is -0.551. The molecule has 2 aromatic rings. The van der Waals surface area contributed by atoms with Crippen molar-refractivity contribution in [3.8, 4) is 0 Å². The van der Waals surface area contributed by atoms with Crippen LogP contribution < -0.4 is 10.6 Å². The monoisotopic (exact) mass is 483 g/mol. The zero-order valence-corrected chi connectivity index (χ0v) is 19.3. The van der Waals surface area contributed by atoms with Crippen molar-refractivity contribution < 1.29 is 14.4 Å². The first kappa shape index (κ1) is 21.6. The number of carbonyl (C=O) groups is 3.